The zero-order valence-corrected chi connectivity index (χ0v) is 9.30. The van der Waals surface area contributed by atoms with E-state index in [0.717, 1.165) is 16.6 Å². The summed E-state index contributed by atoms with van der Waals surface area (Å²) in [6.45, 7) is 0.440. The summed E-state index contributed by atoms with van der Waals surface area (Å²) in [5.41, 5.74) is 2.08. The fourth-order valence-corrected chi connectivity index (χ4v) is 1.98. The lowest BCUT2D eigenvalue weighted by Crippen LogP contribution is -2.17. The second kappa shape index (κ2) is 3.71. The van der Waals surface area contributed by atoms with Crippen LogP contribution in [0.4, 0.5) is 0 Å². The Morgan fingerprint density at radius 2 is 2.24 bits per heavy atom. The Kier molecular flexibility index (Phi) is 2.19. The molecule has 0 aliphatic heterocycles. The molecular formula is C12H11N3O2. The van der Waals surface area contributed by atoms with E-state index >= 15 is 0 Å². The van der Waals surface area contributed by atoms with Crippen molar-refractivity contribution in [1.29, 1.82) is 0 Å². The van der Waals surface area contributed by atoms with Crippen molar-refractivity contribution in [3.8, 4) is 0 Å². The maximum atomic E-state index is 11.8. The fraction of sp³-hybridized carbons (Fsp3) is 0.167. The van der Waals surface area contributed by atoms with E-state index in [1.807, 2.05) is 30.3 Å². The van der Waals surface area contributed by atoms with Crippen LogP contribution in [0.15, 0.2) is 35.1 Å². The average molecular weight is 229 g/mol. The standard InChI is InChI=1S/C12H11N3O2/c1-17-7-8-6-11-9-4-2-3-5-10(9)13-12(16)15(11)14-8/h2-6,14H,7H2,1H3. The summed E-state index contributed by atoms with van der Waals surface area (Å²) in [6.07, 6.45) is 0. The number of ether oxygens (including phenoxy) is 1. The summed E-state index contributed by atoms with van der Waals surface area (Å²) in [4.78, 5) is 15.8. The van der Waals surface area contributed by atoms with Crippen molar-refractivity contribution in [2.75, 3.05) is 7.11 Å². The van der Waals surface area contributed by atoms with Gasteiger partial charge >= 0.3 is 5.69 Å². The van der Waals surface area contributed by atoms with E-state index in [0.29, 0.717) is 12.1 Å². The molecule has 0 atom stereocenters. The van der Waals surface area contributed by atoms with Crippen molar-refractivity contribution in [2.45, 2.75) is 6.61 Å². The summed E-state index contributed by atoms with van der Waals surface area (Å²) in [5.74, 6) is 0. The van der Waals surface area contributed by atoms with Gasteiger partial charge in [0.25, 0.3) is 0 Å². The molecule has 1 N–H and O–H groups in total. The van der Waals surface area contributed by atoms with Gasteiger partial charge in [-0.25, -0.2) is 9.31 Å². The zero-order chi connectivity index (χ0) is 11.8. The quantitative estimate of drug-likeness (QED) is 0.721. The number of rotatable bonds is 2. The van der Waals surface area contributed by atoms with E-state index in [4.69, 9.17) is 4.74 Å². The number of benzene rings is 1. The molecule has 1 aromatic carbocycles. The minimum Gasteiger partial charge on any atom is -0.378 e. The SMILES string of the molecule is COCc1cc2c3ccccc3nc(=O)n2[nH]1. The van der Waals surface area contributed by atoms with Crippen LogP contribution >= 0.6 is 0 Å². The lowest BCUT2D eigenvalue weighted by molar-refractivity contribution is 0.181. The molecule has 0 saturated carbocycles. The molecule has 5 nitrogen and oxygen atoms in total. The van der Waals surface area contributed by atoms with Gasteiger partial charge < -0.3 is 4.74 Å². The molecule has 0 unspecified atom stereocenters. The van der Waals surface area contributed by atoms with Crippen LogP contribution in [0.5, 0.6) is 0 Å². The Morgan fingerprint density at radius 3 is 3.06 bits per heavy atom. The highest BCUT2D eigenvalue weighted by atomic mass is 16.5. The van der Waals surface area contributed by atoms with Crippen LogP contribution in [0.1, 0.15) is 5.69 Å². The smallest absolute Gasteiger partial charge is 0.367 e. The number of H-pyrrole nitrogens is 1. The van der Waals surface area contributed by atoms with E-state index in [-0.39, 0.29) is 5.69 Å². The number of aromatic nitrogens is 3. The first-order valence-electron chi connectivity index (χ1n) is 5.28. The number of methoxy groups -OCH3 is 1. The molecule has 3 aromatic rings. The van der Waals surface area contributed by atoms with E-state index < -0.39 is 0 Å². The molecule has 0 aliphatic rings. The zero-order valence-electron chi connectivity index (χ0n) is 9.30. The minimum absolute atomic E-state index is 0.305. The van der Waals surface area contributed by atoms with Gasteiger partial charge in [-0.2, -0.15) is 4.98 Å². The Hall–Kier alpha value is -2.14. The van der Waals surface area contributed by atoms with Crippen molar-refractivity contribution >= 4 is 16.4 Å². The number of aromatic amines is 1. The third-order valence-corrected chi connectivity index (χ3v) is 2.69. The third kappa shape index (κ3) is 1.52. The van der Waals surface area contributed by atoms with Gasteiger partial charge in [0.05, 0.1) is 23.3 Å². The summed E-state index contributed by atoms with van der Waals surface area (Å²) >= 11 is 0. The lowest BCUT2D eigenvalue weighted by Gasteiger charge is -1.97. The van der Waals surface area contributed by atoms with E-state index in [1.165, 1.54) is 4.52 Å². The van der Waals surface area contributed by atoms with E-state index in [9.17, 15) is 4.79 Å². The highest BCUT2D eigenvalue weighted by molar-refractivity contribution is 5.93. The molecule has 0 fully saturated rings. The topological polar surface area (TPSA) is 59.4 Å². The van der Waals surface area contributed by atoms with E-state index in [2.05, 4.69) is 10.1 Å². The lowest BCUT2D eigenvalue weighted by atomic mass is 10.2. The van der Waals surface area contributed by atoms with Gasteiger partial charge in [0, 0.05) is 12.5 Å². The third-order valence-electron chi connectivity index (χ3n) is 2.69. The predicted molar refractivity (Wildman–Crippen MR) is 64.0 cm³/mol. The molecular weight excluding hydrogens is 218 g/mol. The minimum atomic E-state index is -0.305. The van der Waals surface area contributed by atoms with Crippen LogP contribution in [-0.2, 0) is 11.3 Å². The molecule has 3 rings (SSSR count). The second-order valence-corrected chi connectivity index (χ2v) is 3.85. The van der Waals surface area contributed by atoms with Gasteiger partial charge in [0.2, 0.25) is 0 Å². The Bertz CT molecular complexity index is 742. The van der Waals surface area contributed by atoms with Gasteiger partial charge in [-0.1, -0.05) is 18.2 Å². The molecule has 0 radical (unpaired) electrons. The normalized spacial score (nSPS) is 11.4. The maximum Gasteiger partial charge on any atom is 0.367 e. The number of fused-ring (bicyclic) bond motifs is 3. The van der Waals surface area contributed by atoms with Crippen molar-refractivity contribution in [3.05, 3.63) is 46.5 Å². The average Bonchev–Trinajstić information content (AvgIpc) is 2.74. The highest BCUT2D eigenvalue weighted by Crippen LogP contribution is 2.16. The van der Waals surface area contributed by atoms with Crippen LogP contribution in [0.3, 0.4) is 0 Å². The monoisotopic (exact) mass is 229 g/mol. The molecule has 5 heteroatoms. The summed E-state index contributed by atoms with van der Waals surface area (Å²) in [7, 11) is 1.62. The van der Waals surface area contributed by atoms with Gasteiger partial charge in [-0.3, -0.25) is 5.10 Å². The largest absolute Gasteiger partial charge is 0.378 e. The fourth-order valence-electron chi connectivity index (χ4n) is 1.98. The van der Waals surface area contributed by atoms with Crippen LogP contribution in [0, 0.1) is 0 Å². The molecule has 0 bridgehead atoms. The second-order valence-electron chi connectivity index (χ2n) is 3.85. The molecule has 0 amide bonds. The Labute approximate surface area is 96.6 Å². The number of nitrogens with one attached hydrogen (secondary N) is 1. The molecule has 2 heterocycles. The molecule has 0 aliphatic carbocycles. The van der Waals surface area contributed by atoms with Crippen LogP contribution in [-0.4, -0.2) is 21.7 Å². The van der Waals surface area contributed by atoms with E-state index in [1.54, 1.807) is 7.11 Å². The number of hydrogen-bond acceptors (Lipinski definition) is 3. The van der Waals surface area contributed by atoms with Gasteiger partial charge in [-0.15, -0.1) is 0 Å². The van der Waals surface area contributed by atoms with Crippen molar-refractivity contribution in [1.82, 2.24) is 14.6 Å². The molecule has 0 spiro atoms. The van der Waals surface area contributed by atoms with Crippen LogP contribution < -0.4 is 5.69 Å². The number of para-hydroxylation sites is 1. The molecule has 86 valence electrons. The van der Waals surface area contributed by atoms with Crippen molar-refractivity contribution < 1.29 is 4.74 Å². The summed E-state index contributed by atoms with van der Waals surface area (Å²) < 4.78 is 6.48. The van der Waals surface area contributed by atoms with Crippen LogP contribution in [0.25, 0.3) is 16.4 Å². The highest BCUT2D eigenvalue weighted by Gasteiger charge is 2.07. The maximum absolute atomic E-state index is 11.8. The number of hydrogen-bond donors (Lipinski definition) is 1. The van der Waals surface area contributed by atoms with Gasteiger partial charge in [0.15, 0.2) is 0 Å². The molecule has 0 saturated heterocycles. The Balaban J connectivity index is 2.43. The van der Waals surface area contributed by atoms with Gasteiger partial charge in [0.1, 0.15) is 0 Å². The first kappa shape index (κ1) is 10.0. The van der Waals surface area contributed by atoms with Gasteiger partial charge in [-0.05, 0) is 12.1 Å². The number of nitrogens with zero attached hydrogens (tertiary/aromatic N) is 2. The molecule has 2 aromatic heterocycles. The van der Waals surface area contributed by atoms with Crippen LogP contribution in [0.2, 0.25) is 0 Å². The first-order valence-corrected chi connectivity index (χ1v) is 5.28. The van der Waals surface area contributed by atoms with Crippen molar-refractivity contribution in [2.24, 2.45) is 0 Å². The van der Waals surface area contributed by atoms with Crippen molar-refractivity contribution in [3.63, 3.8) is 0 Å². The summed E-state index contributed by atoms with van der Waals surface area (Å²) in [6, 6.07) is 9.49. The summed E-state index contributed by atoms with van der Waals surface area (Å²) in [5, 5.41) is 3.92. The predicted octanol–water partition coefficient (Wildman–Crippen LogP) is 1.32. The Morgan fingerprint density at radius 1 is 1.41 bits per heavy atom. The molecule has 17 heavy (non-hydrogen) atoms. The first-order chi connectivity index (χ1) is 8.29.